The molecule has 35 heavy (non-hydrogen) atoms. The van der Waals surface area contributed by atoms with Crippen LogP contribution in [0.3, 0.4) is 0 Å². The topological polar surface area (TPSA) is 129 Å². The molecule has 2 unspecified atom stereocenters. The number of rotatable bonds is 10. The van der Waals surface area contributed by atoms with Crippen molar-refractivity contribution in [2.75, 3.05) is 19.8 Å². The third kappa shape index (κ3) is 9.72. The lowest BCUT2D eigenvalue weighted by Gasteiger charge is -2.40. The summed E-state index contributed by atoms with van der Waals surface area (Å²) in [5, 5.41) is 5.17. The molecular formula is C24H37N2O8P. The standard InChI is InChI=1S/C24H37N2O8P/c1-17(22(29)31-15-13-18-10-8-7-9-11-18)26-35(30)32-16-24(5,6)20(34-35)21(28)25-14-12-19(27)33-23(2,3)4/h7-11,17,20H,12-16H2,1-6H3,(H,25,28)(H,26,30)/t17?,20-,35?/m0/s1. The first-order valence-electron chi connectivity index (χ1n) is 11.6. The average Bonchev–Trinajstić information content (AvgIpc) is 2.75. The lowest BCUT2D eigenvalue weighted by atomic mass is 9.87. The van der Waals surface area contributed by atoms with E-state index in [9.17, 15) is 18.9 Å². The molecule has 1 aliphatic rings. The molecule has 11 heteroatoms. The molecule has 3 atom stereocenters. The highest BCUT2D eigenvalue weighted by atomic mass is 31.2. The molecule has 0 bridgehead atoms. The molecule has 1 saturated heterocycles. The van der Waals surface area contributed by atoms with Gasteiger partial charge in [-0.05, 0) is 33.3 Å². The predicted molar refractivity (Wildman–Crippen MR) is 129 cm³/mol. The minimum atomic E-state index is -3.99. The van der Waals surface area contributed by atoms with Crippen LogP contribution in [-0.2, 0) is 43.9 Å². The predicted octanol–water partition coefficient (Wildman–Crippen LogP) is 3.15. The van der Waals surface area contributed by atoms with Gasteiger partial charge in [0.25, 0.3) is 0 Å². The first-order chi connectivity index (χ1) is 16.2. The van der Waals surface area contributed by atoms with Gasteiger partial charge in [-0.2, -0.15) is 0 Å². The van der Waals surface area contributed by atoms with E-state index in [0.29, 0.717) is 6.42 Å². The number of nitrogens with one attached hydrogen (secondary N) is 2. The van der Waals surface area contributed by atoms with Crippen LogP contribution in [0.5, 0.6) is 0 Å². The molecule has 0 aromatic heterocycles. The number of esters is 2. The minimum absolute atomic E-state index is 0.0194. The van der Waals surface area contributed by atoms with Crippen molar-refractivity contribution in [3.05, 3.63) is 35.9 Å². The molecule has 1 fully saturated rings. The van der Waals surface area contributed by atoms with Crippen LogP contribution in [0.1, 0.15) is 53.5 Å². The van der Waals surface area contributed by atoms with Crippen LogP contribution in [0.2, 0.25) is 0 Å². The number of hydrogen-bond acceptors (Lipinski definition) is 8. The van der Waals surface area contributed by atoms with E-state index in [0.717, 1.165) is 5.56 Å². The maximum absolute atomic E-state index is 13.2. The number of amides is 1. The Bertz CT molecular complexity index is 929. The Labute approximate surface area is 207 Å². The largest absolute Gasteiger partial charge is 0.464 e. The van der Waals surface area contributed by atoms with Gasteiger partial charge in [0.05, 0.1) is 19.6 Å². The highest BCUT2D eigenvalue weighted by molar-refractivity contribution is 7.51. The van der Waals surface area contributed by atoms with Gasteiger partial charge >= 0.3 is 19.7 Å². The molecule has 1 amide bonds. The van der Waals surface area contributed by atoms with Crippen molar-refractivity contribution in [3.63, 3.8) is 0 Å². The van der Waals surface area contributed by atoms with Gasteiger partial charge in [0, 0.05) is 18.4 Å². The van der Waals surface area contributed by atoms with E-state index >= 15 is 0 Å². The van der Waals surface area contributed by atoms with Crippen LogP contribution < -0.4 is 10.4 Å². The molecule has 0 spiro atoms. The van der Waals surface area contributed by atoms with Gasteiger partial charge < -0.3 is 14.8 Å². The zero-order valence-corrected chi connectivity index (χ0v) is 22.2. The lowest BCUT2D eigenvalue weighted by Crippen LogP contribution is -2.51. The zero-order valence-electron chi connectivity index (χ0n) is 21.3. The average molecular weight is 513 g/mol. The molecular weight excluding hydrogens is 475 g/mol. The summed E-state index contributed by atoms with van der Waals surface area (Å²) in [6, 6.07) is 8.56. The van der Waals surface area contributed by atoms with E-state index in [-0.39, 0.29) is 26.2 Å². The maximum atomic E-state index is 13.2. The fourth-order valence-electron chi connectivity index (χ4n) is 3.21. The van der Waals surface area contributed by atoms with Gasteiger partial charge in [-0.1, -0.05) is 44.2 Å². The molecule has 1 heterocycles. The summed E-state index contributed by atoms with van der Waals surface area (Å²) in [5.74, 6) is -1.61. The molecule has 10 nitrogen and oxygen atoms in total. The van der Waals surface area contributed by atoms with Gasteiger partial charge in [-0.25, -0.2) is 9.65 Å². The Morgan fingerprint density at radius 3 is 2.49 bits per heavy atom. The number of carbonyl (C=O) groups excluding carboxylic acids is 3. The quantitative estimate of drug-likeness (QED) is 0.359. The molecule has 0 radical (unpaired) electrons. The molecule has 0 saturated carbocycles. The molecule has 2 rings (SSSR count). The van der Waals surface area contributed by atoms with Gasteiger partial charge in [0.15, 0.2) is 6.10 Å². The van der Waals surface area contributed by atoms with E-state index in [4.69, 9.17) is 18.5 Å². The minimum Gasteiger partial charge on any atom is -0.464 e. The molecule has 1 aliphatic heterocycles. The van der Waals surface area contributed by atoms with E-state index < -0.39 is 48.8 Å². The van der Waals surface area contributed by atoms with Crippen LogP contribution in [0.15, 0.2) is 30.3 Å². The van der Waals surface area contributed by atoms with Gasteiger partial charge in [-0.15, -0.1) is 0 Å². The summed E-state index contributed by atoms with van der Waals surface area (Å²) in [4.78, 5) is 37.0. The fourth-order valence-corrected chi connectivity index (χ4v) is 5.15. The first-order valence-corrected chi connectivity index (χ1v) is 13.2. The number of carbonyl (C=O) groups is 3. The highest BCUT2D eigenvalue weighted by Gasteiger charge is 2.49. The maximum Gasteiger partial charge on any atom is 0.407 e. The molecule has 2 N–H and O–H groups in total. The first kappa shape index (κ1) is 29.0. The van der Waals surface area contributed by atoms with Gasteiger partial charge in [-0.3, -0.25) is 23.4 Å². The third-order valence-electron chi connectivity index (χ3n) is 5.03. The number of hydrogen-bond donors (Lipinski definition) is 2. The van der Waals surface area contributed by atoms with Crippen molar-refractivity contribution in [3.8, 4) is 0 Å². The Morgan fingerprint density at radius 1 is 1.20 bits per heavy atom. The Balaban J connectivity index is 1.87. The van der Waals surface area contributed by atoms with Crippen molar-refractivity contribution in [2.24, 2.45) is 5.41 Å². The summed E-state index contributed by atoms with van der Waals surface area (Å²) in [6.07, 6.45) is -0.604. The second-order valence-corrected chi connectivity index (χ2v) is 11.8. The van der Waals surface area contributed by atoms with Crippen molar-refractivity contribution in [1.29, 1.82) is 0 Å². The smallest absolute Gasteiger partial charge is 0.407 e. The molecule has 196 valence electrons. The Morgan fingerprint density at radius 2 is 1.86 bits per heavy atom. The summed E-state index contributed by atoms with van der Waals surface area (Å²) in [7, 11) is -3.99. The lowest BCUT2D eigenvalue weighted by molar-refractivity contribution is -0.154. The van der Waals surface area contributed by atoms with Crippen LogP contribution in [0, 0.1) is 5.41 Å². The summed E-state index contributed by atoms with van der Waals surface area (Å²) in [5.41, 5.74) is -0.397. The summed E-state index contributed by atoms with van der Waals surface area (Å²) in [6.45, 7) is 10.4. The van der Waals surface area contributed by atoms with Crippen molar-refractivity contribution < 1.29 is 37.5 Å². The van der Waals surface area contributed by atoms with E-state index in [1.54, 1.807) is 34.6 Å². The van der Waals surface area contributed by atoms with Gasteiger partial charge in [0.1, 0.15) is 11.6 Å². The molecule has 1 aromatic carbocycles. The van der Waals surface area contributed by atoms with E-state index in [1.807, 2.05) is 30.3 Å². The SMILES string of the molecule is CC(NP1(=O)OCC(C)(C)[C@H](C(=O)NCCC(=O)OC(C)(C)C)O1)C(=O)OCCc1ccccc1. The second-order valence-electron chi connectivity index (χ2n) is 10.1. The van der Waals surface area contributed by atoms with Crippen molar-refractivity contribution >= 4 is 25.6 Å². The van der Waals surface area contributed by atoms with E-state index in [2.05, 4.69) is 10.4 Å². The van der Waals surface area contributed by atoms with Crippen LogP contribution in [0.25, 0.3) is 0 Å². The van der Waals surface area contributed by atoms with Crippen LogP contribution in [-0.4, -0.2) is 55.4 Å². The molecule has 1 aromatic rings. The third-order valence-corrected chi connectivity index (χ3v) is 6.69. The highest BCUT2D eigenvalue weighted by Crippen LogP contribution is 2.53. The fraction of sp³-hybridized carbons (Fsp3) is 0.625. The van der Waals surface area contributed by atoms with Crippen molar-refractivity contribution in [2.45, 2.75) is 72.1 Å². The molecule has 0 aliphatic carbocycles. The number of benzene rings is 1. The zero-order chi connectivity index (χ0) is 26.3. The Hall–Kier alpha value is -2.26. The number of ether oxygens (including phenoxy) is 2. The summed E-state index contributed by atoms with van der Waals surface area (Å²) < 4.78 is 34.6. The monoisotopic (exact) mass is 512 g/mol. The van der Waals surface area contributed by atoms with Crippen molar-refractivity contribution in [1.82, 2.24) is 10.4 Å². The van der Waals surface area contributed by atoms with Crippen LogP contribution in [0.4, 0.5) is 0 Å². The van der Waals surface area contributed by atoms with E-state index in [1.165, 1.54) is 6.92 Å². The second kappa shape index (κ2) is 12.1. The normalized spacial score (nSPS) is 22.6. The van der Waals surface area contributed by atoms with Gasteiger partial charge in [0.2, 0.25) is 5.91 Å². The Kier molecular flexibility index (Phi) is 10.0. The van der Waals surface area contributed by atoms with Crippen LogP contribution >= 0.6 is 7.75 Å². The summed E-state index contributed by atoms with van der Waals surface area (Å²) >= 11 is 0.